The van der Waals surface area contributed by atoms with Gasteiger partial charge in [-0.2, -0.15) is 0 Å². The highest BCUT2D eigenvalue weighted by atomic mass is 32.2. The summed E-state index contributed by atoms with van der Waals surface area (Å²) in [7, 11) is -0.306. The summed E-state index contributed by atoms with van der Waals surface area (Å²) < 4.78 is 38.0. The molecule has 142 valence electrons. The Kier molecular flexibility index (Phi) is 6.62. The monoisotopic (exact) mass is 383 g/mol. The first-order valence-electron chi connectivity index (χ1n) is 7.89. The minimum Gasteiger partial charge on any atom is -0.493 e. The number of amides is 1. The Hall–Kier alpha value is -2.55. The van der Waals surface area contributed by atoms with Crippen molar-refractivity contribution in [2.45, 2.75) is 12.5 Å². The molecule has 1 fully saturated rings. The maximum atomic E-state index is 11.9. The summed E-state index contributed by atoms with van der Waals surface area (Å²) in [5, 5.41) is 2.65. The van der Waals surface area contributed by atoms with E-state index in [0.717, 1.165) is 0 Å². The van der Waals surface area contributed by atoms with Crippen LogP contribution in [0.1, 0.15) is 12.0 Å². The van der Waals surface area contributed by atoms with Crippen LogP contribution in [0.3, 0.4) is 0 Å². The minimum atomic E-state index is -3.05. The second-order valence-corrected chi connectivity index (χ2v) is 7.95. The minimum absolute atomic E-state index is 0.0384. The Balaban J connectivity index is 1.93. The van der Waals surface area contributed by atoms with Gasteiger partial charge in [-0.05, 0) is 30.2 Å². The molecule has 1 saturated heterocycles. The van der Waals surface area contributed by atoms with Crippen molar-refractivity contribution in [2.75, 3.05) is 32.3 Å². The molecule has 0 bridgehead atoms. The van der Waals surface area contributed by atoms with Gasteiger partial charge in [0.25, 0.3) is 5.91 Å². The molecule has 0 aliphatic carbocycles. The van der Waals surface area contributed by atoms with Crippen molar-refractivity contribution in [3.05, 3.63) is 29.8 Å². The van der Waals surface area contributed by atoms with E-state index >= 15 is 0 Å². The number of nitrogens with one attached hydrogen (secondary N) is 1. The molecule has 0 aromatic heterocycles. The summed E-state index contributed by atoms with van der Waals surface area (Å²) >= 11 is 0. The summed E-state index contributed by atoms with van der Waals surface area (Å²) in [5.41, 5.74) is 0.695. The van der Waals surface area contributed by atoms with E-state index in [0.29, 0.717) is 23.5 Å². The Morgan fingerprint density at radius 3 is 2.65 bits per heavy atom. The zero-order valence-corrected chi connectivity index (χ0v) is 15.4. The van der Waals surface area contributed by atoms with E-state index in [9.17, 15) is 18.0 Å². The molecule has 8 nitrogen and oxygen atoms in total. The molecule has 1 aromatic carbocycles. The number of carbonyl (C=O) groups is 2. The van der Waals surface area contributed by atoms with Gasteiger partial charge in [0.2, 0.25) is 0 Å². The second-order valence-electron chi connectivity index (χ2n) is 5.72. The molecule has 1 aromatic rings. The number of benzene rings is 1. The molecule has 0 radical (unpaired) electrons. The molecule has 1 aliphatic heterocycles. The Labute approximate surface area is 152 Å². The number of hydrogen-bond donors (Lipinski definition) is 1. The summed E-state index contributed by atoms with van der Waals surface area (Å²) in [6.45, 7) is -0.260. The predicted octanol–water partition coefficient (Wildman–Crippen LogP) is 0.564. The van der Waals surface area contributed by atoms with Gasteiger partial charge in [-0.1, -0.05) is 6.07 Å². The van der Waals surface area contributed by atoms with Crippen molar-refractivity contribution in [3.63, 3.8) is 0 Å². The number of sulfone groups is 1. The molecular formula is C17H21NO7S. The van der Waals surface area contributed by atoms with Crippen LogP contribution in [-0.2, 0) is 24.2 Å². The topological polar surface area (TPSA) is 108 Å². The van der Waals surface area contributed by atoms with Gasteiger partial charge < -0.3 is 19.5 Å². The van der Waals surface area contributed by atoms with Crippen molar-refractivity contribution < 1.29 is 32.2 Å². The molecular weight excluding hydrogens is 362 g/mol. The van der Waals surface area contributed by atoms with Crippen molar-refractivity contribution in [2.24, 2.45) is 0 Å². The Morgan fingerprint density at radius 1 is 1.27 bits per heavy atom. The van der Waals surface area contributed by atoms with Crippen LogP contribution in [-0.4, -0.2) is 58.7 Å². The lowest BCUT2D eigenvalue weighted by Gasteiger charge is -2.13. The number of carbonyl (C=O) groups excluding carboxylic acids is 2. The SMILES string of the molecule is COC(=O)/C=C/c1ccc(OCC(=O)NC2CCS(=O)(=O)C2)c(OC)c1. The molecule has 1 unspecified atom stereocenters. The van der Waals surface area contributed by atoms with Crippen molar-refractivity contribution in [3.8, 4) is 11.5 Å². The highest BCUT2D eigenvalue weighted by Gasteiger charge is 2.28. The average molecular weight is 383 g/mol. The fraction of sp³-hybridized carbons (Fsp3) is 0.412. The fourth-order valence-corrected chi connectivity index (χ4v) is 4.13. The van der Waals surface area contributed by atoms with Crippen LogP contribution >= 0.6 is 0 Å². The molecule has 1 heterocycles. The van der Waals surface area contributed by atoms with Crippen LogP contribution < -0.4 is 14.8 Å². The molecule has 1 amide bonds. The first-order valence-corrected chi connectivity index (χ1v) is 9.72. The Bertz CT molecular complexity index is 801. The van der Waals surface area contributed by atoms with E-state index in [1.54, 1.807) is 24.3 Å². The van der Waals surface area contributed by atoms with Gasteiger partial charge in [0, 0.05) is 12.1 Å². The Morgan fingerprint density at radius 2 is 2.04 bits per heavy atom. The maximum Gasteiger partial charge on any atom is 0.330 e. The van der Waals surface area contributed by atoms with Crippen LogP contribution in [0.5, 0.6) is 11.5 Å². The van der Waals surface area contributed by atoms with E-state index in [4.69, 9.17) is 9.47 Å². The number of hydrogen-bond acceptors (Lipinski definition) is 7. The molecule has 26 heavy (non-hydrogen) atoms. The van der Waals surface area contributed by atoms with Crippen LogP contribution in [0.15, 0.2) is 24.3 Å². The summed E-state index contributed by atoms with van der Waals surface area (Å²) in [5.74, 6) is -0.0694. The number of ether oxygens (including phenoxy) is 3. The third kappa shape index (κ3) is 5.76. The summed E-state index contributed by atoms with van der Waals surface area (Å²) in [6.07, 6.45) is 3.25. The standard InChI is InChI=1S/C17H21NO7S/c1-23-15-9-12(4-6-17(20)24-2)3-5-14(15)25-10-16(19)18-13-7-8-26(21,22)11-13/h3-6,9,13H,7-8,10-11H2,1-2H3,(H,18,19)/b6-4+. The molecule has 1 atom stereocenters. The molecule has 0 spiro atoms. The normalized spacial score (nSPS) is 18.5. The second kappa shape index (κ2) is 8.70. The van der Waals surface area contributed by atoms with Gasteiger partial charge in [0.1, 0.15) is 0 Å². The third-order valence-corrected chi connectivity index (χ3v) is 5.52. The summed E-state index contributed by atoms with van der Waals surface area (Å²) in [4.78, 5) is 23.0. The van der Waals surface area contributed by atoms with E-state index in [1.165, 1.54) is 20.3 Å². The van der Waals surface area contributed by atoms with Crippen LogP contribution in [0.4, 0.5) is 0 Å². The first-order chi connectivity index (χ1) is 12.3. The molecule has 9 heteroatoms. The van der Waals surface area contributed by atoms with Crippen LogP contribution in [0, 0.1) is 0 Å². The van der Waals surface area contributed by atoms with Crippen molar-refractivity contribution in [1.82, 2.24) is 5.32 Å². The first kappa shape index (κ1) is 19.8. The van der Waals surface area contributed by atoms with E-state index in [-0.39, 0.29) is 24.2 Å². The zero-order valence-electron chi connectivity index (χ0n) is 14.6. The van der Waals surface area contributed by atoms with E-state index in [1.807, 2.05) is 0 Å². The smallest absolute Gasteiger partial charge is 0.330 e. The van der Waals surface area contributed by atoms with Gasteiger partial charge in [0.05, 0.1) is 25.7 Å². The number of methoxy groups -OCH3 is 2. The lowest BCUT2D eigenvalue weighted by Crippen LogP contribution is -2.38. The molecule has 1 aliphatic rings. The van der Waals surface area contributed by atoms with Crippen molar-refractivity contribution in [1.29, 1.82) is 0 Å². The molecule has 0 saturated carbocycles. The third-order valence-electron chi connectivity index (χ3n) is 3.76. The number of rotatable bonds is 7. The van der Waals surface area contributed by atoms with Crippen LogP contribution in [0.2, 0.25) is 0 Å². The van der Waals surface area contributed by atoms with Gasteiger partial charge in [-0.25, -0.2) is 13.2 Å². The van der Waals surface area contributed by atoms with Crippen LogP contribution in [0.25, 0.3) is 6.08 Å². The fourth-order valence-electron chi connectivity index (χ4n) is 2.46. The quantitative estimate of drug-likeness (QED) is 0.541. The lowest BCUT2D eigenvalue weighted by atomic mass is 10.2. The van der Waals surface area contributed by atoms with Gasteiger partial charge in [0.15, 0.2) is 27.9 Å². The zero-order chi connectivity index (χ0) is 19.2. The lowest BCUT2D eigenvalue weighted by molar-refractivity contribution is -0.134. The van der Waals surface area contributed by atoms with E-state index in [2.05, 4.69) is 10.1 Å². The predicted molar refractivity (Wildman–Crippen MR) is 94.7 cm³/mol. The molecule has 2 rings (SSSR count). The highest BCUT2D eigenvalue weighted by Crippen LogP contribution is 2.28. The average Bonchev–Trinajstić information content (AvgIpc) is 2.96. The van der Waals surface area contributed by atoms with Gasteiger partial charge >= 0.3 is 5.97 Å². The number of esters is 1. The van der Waals surface area contributed by atoms with Gasteiger partial charge in [-0.15, -0.1) is 0 Å². The maximum absolute atomic E-state index is 11.9. The van der Waals surface area contributed by atoms with Gasteiger partial charge in [-0.3, -0.25) is 4.79 Å². The van der Waals surface area contributed by atoms with E-state index < -0.39 is 21.7 Å². The molecule has 1 N–H and O–H groups in total. The van der Waals surface area contributed by atoms with Crippen molar-refractivity contribution >= 4 is 27.8 Å². The largest absolute Gasteiger partial charge is 0.493 e. The summed E-state index contributed by atoms with van der Waals surface area (Å²) in [6, 6.07) is 4.58. The highest BCUT2D eigenvalue weighted by molar-refractivity contribution is 7.91.